The van der Waals surface area contributed by atoms with E-state index in [-0.39, 0.29) is 11.8 Å². The van der Waals surface area contributed by atoms with Crippen LogP contribution < -0.4 is 14.8 Å². The number of esters is 1. The molecule has 1 aromatic carbocycles. The molecule has 6 nitrogen and oxygen atoms in total. The predicted octanol–water partition coefficient (Wildman–Crippen LogP) is 2.63. The second-order valence-corrected chi connectivity index (χ2v) is 6.53. The summed E-state index contributed by atoms with van der Waals surface area (Å²) in [6.07, 6.45) is 0.502. The average Bonchev–Trinajstić information content (AvgIpc) is 2.52. The van der Waals surface area contributed by atoms with Gasteiger partial charge < -0.3 is 19.5 Å². The van der Waals surface area contributed by atoms with E-state index < -0.39 is 12.0 Å². The van der Waals surface area contributed by atoms with Gasteiger partial charge in [0.1, 0.15) is 6.04 Å². The van der Waals surface area contributed by atoms with Gasteiger partial charge in [-0.05, 0) is 47.1 Å². The van der Waals surface area contributed by atoms with Crippen LogP contribution in [0.4, 0.5) is 0 Å². The minimum absolute atomic E-state index is 0.240. The number of hydrogen-bond donors (Lipinski definition) is 1. The SMILES string of the molecule is COC(=O)C(CC(C)C)NC(=O)c1cc(OC)c(OC)cc1I. The molecule has 0 aliphatic carbocycles. The van der Waals surface area contributed by atoms with Crippen molar-refractivity contribution in [2.75, 3.05) is 21.3 Å². The summed E-state index contributed by atoms with van der Waals surface area (Å²) in [7, 11) is 4.34. The van der Waals surface area contributed by atoms with Crippen LogP contribution in [0.3, 0.4) is 0 Å². The van der Waals surface area contributed by atoms with E-state index in [4.69, 9.17) is 14.2 Å². The van der Waals surface area contributed by atoms with Crippen LogP contribution in [0.15, 0.2) is 12.1 Å². The molecule has 0 saturated carbocycles. The number of nitrogens with one attached hydrogen (secondary N) is 1. The number of ether oxygens (including phenoxy) is 3. The van der Waals surface area contributed by atoms with Crippen molar-refractivity contribution in [2.24, 2.45) is 5.92 Å². The molecule has 1 unspecified atom stereocenters. The second kappa shape index (κ2) is 8.95. The van der Waals surface area contributed by atoms with Crippen molar-refractivity contribution in [3.63, 3.8) is 0 Å². The van der Waals surface area contributed by atoms with E-state index in [1.807, 2.05) is 36.4 Å². The molecule has 7 heteroatoms. The first-order valence-electron chi connectivity index (χ1n) is 7.14. The van der Waals surface area contributed by atoms with Gasteiger partial charge in [0.15, 0.2) is 11.5 Å². The van der Waals surface area contributed by atoms with E-state index in [1.54, 1.807) is 12.1 Å². The van der Waals surface area contributed by atoms with Crippen molar-refractivity contribution in [3.05, 3.63) is 21.3 Å². The Morgan fingerprint density at radius 3 is 2.17 bits per heavy atom. The summed E-state index contributed by atoms with van der Waals surface area (Å²) in [6.45, 7) is 3.95. The Bertz CT molecular complexity index is 574. The van der Waals surface area contributed by atoms with Crippen LogP contribution in [0, 0.1) is 9.49 Å². The Morgan fingerprint density at radius 1 is 1.13 bits per heavy atom. The highest BCUT2D eigenvalue weighted by Gasteiger charge is 2.25. The van der Waals surface area contributed by atoms with Crippen LogP contribution in [0.1, 0.15) is 30.6 Å². The summed E-state index contributed by atoms with van der Waals surface area (Å²) in [5, 5.41) is 2.73. The number of halogens is 1. The molecule has 1 amide bonds. The summed E-state index contributed by atoms with van der Waals surface area (Å²) in [5.41, 5.74) is 0.418. The smallest absolute Gasteiger partial charge is 0.328 e. The molecule has 0 spiro atoms. The van der Waals surface area contributed by atoms with Gasteiger partial charge in [-0.1, -0.05) is 13.8 Å². The maximum Gasteiger partial charge on any atom is 0.328 e. The molecule has 0 aliphatic rings. The van der Waals surface area contributed by atoms with Crippen LogP contribution in [0.25, 0.3) is 0 Å². The number of carbonyl (C=O) groups excluding carboxylic acids is 2. The van der Waals surface area contributed by atoms with Crippen LogP contribution in [-0.2, 0) is 9.53 Å². The lowest BCUT2D eigenvalue weighted by Crippen LogP contribution is -2.42. The zero-order chi connectivity index (χ0) is 17.6. The Hall–Kier alpha value is -1.51. The summed E-state index contributed by atoms with van der Waals surface area (Å²) in [5.74, 6) is 0.425. The van der Waals surface area contributed by atoms with Crippen molar-refractivity contribution >= 4 is 34.5 Å². The Balaban J connectivity index is 3.05. The normalized spacial score (nSPS) is 11.8. The van der Waals surface area contributed by atoms with Gasteiger partial charge in [-0.2, -0.15) is 0 Å². The number of amides is 1. The van der Waals surface area contributed by atoms with Gasteiger partial charge in [0, 0.05) is 3.57 Å². The fourth-order valence-corrected chi connectivity index (χ4v) is 2.78. The van der Waals surface area contributed by atoms with Gasteiger partial charge in [-0.25, -0.2) is 4.79 Å². The molecule has 0 bridgehead atoms. The highest BCUT2D eigenvalue weighted by molar-refractivity contribution is 14.1. The molecule has 128 valence electrons. The number of hydrogen-bond acceptors (Lipinski definition) is 5. The van der Waals surface area contributed by atoms with E-state index in [2.05, 4.69) is 5.32 Å². The molecule has 0 heterocycles. The van der Waals surface area contributed by atoms with E-state index in [9.17, 15) is 9.59 Å². The van der Waals surface area contributed by atoms with E-state index >= 15 is 0 Å². The lowest BCUT2D eigenvalue weighted by Gasteiger charge is -2.19. The topological polar surface area (TPSA) is 73.9 Å². The molecular weight excluding hydrogens is 413 g/mol. The summed E-state index contributed by atoms with van der Waals surface area (Å²) in [6, 6.07) is 2.63. The minimum Gasteiger partial charge on any atom is -0.493 e. The Kier molecular flexibility index (Phi) is 7.60. The molecule has 0 fully saturated rings. The third kappa shape index (κ3) is 5.26. The third-order valence-corrected chi connectivity index (χ3v) is 4.11. The zero-order valence-electron chi connectivity index (χ0n) is 13.9. The van der Waals surface area contributed by atoms with Crippen molar-refractivity contribution in [1.29, 1.82) is 0 Å². The summed E-state index contributed by atoms with van der Waals surface area (Å²) < 4.78 is 15.9. The Morgan fingerprint density at radius 2 is 1.70 bits per heavy atom. The quantitative estimate of drug-likeness (QED) is 0.527. The minimum atomic E-state index is -0.684. The molecule has 23 heavy (non-hydrogen) atoms. The van der Waals surface area contributed by atoms with Crippen molar-refractivity contribution in [2.45, 2.75) is 26.3 Å². The first kappa shape index (κ1) is 19.5. The van der Waals surface area contributed by atoms with Gasteiger partial charge in [0.25, 0.3) is 5.91 Å². The fourth-order valence-electron chi connectivity index (χ4n) is 2.09. The second-order valence-electron chi connectivity index (χ2n) is 5.37. The molecule has 0 radical (unpaired) electrons. The molecule has 1 atom stereocenters. The number of methoxy groups -OCH3 is 3. The highest BCUT2D eigenvalue weighted by Crippen LogP contribution is 2.31. The van der Waals surface area contributed by atoms with Gasteiger partial charge in [-0.3, -0.25) is 4.79 Å². The van der Waals surface area contributed by atoms with Crippen molar-refractivity contribution in [1.82, 2.24) is 5.32 Å². The molecule has 1 rings (SSSR count). The van der Waals surface area contributed by atoms with E-state index in [1.165, 1.54) is 21.3 Å². The largest absolute Gasteiger partial charge is 0.493 e. The Labute approximate surface area is 150 Å². The summed E-state index contributed by atoms with van der Waals surface area (Å²) >= 11 is 2.04. The maximum absolute atomic E-state index is 12.5. The van der Waals surface area contributed by atoms with Crippen LogP contribution in [0.2, 0.25) is 0 Å². The molecule has 1 aromatic rings. The van der Waals surface area contributed by atoms with Gasteiger partial charge >= 0.3 is 5.97 Å². The first-order valence-corrected chi connectivity index (χ1v) is 8.22. The van der Waals surface area contributed by atoms with Gasteiger partial charge in [0.2, 0.25) is 0 Å². The molecule has 0 saturated heterocycles. The molecule has 0 aliphatic heterocycles. The highest BCUT2D eigenvalue weighted by atomic mass is 127. The third-order valence-electron chi connectivity index (χ3n) is 3.22. The standard InChI is InChI=1S/C16H22INO5/c1-9(2)6-12(16(20)23-5)18-15(19)10-7-13(21-3)14(22-4)8-11(10)17/h7-9,12H,6H2,1-5H3,(H,18,19). The van der Waals surface area contributed by atoms with E-state index in [0.717, 1.165) is 0 Å². The monoisotopic (exact) mass is 435 g/mol. The number of benzene rings is 1. The fraction of sp³-hybridized carbons (Fsp3) is 0.500. The number of carbonyl (C=O) groups is 2. The van der Waals surface area contributed by atoms with Crippen LogP contribution in [-0.4, -0.2) is 39.2 Å². The average molecular weight is 435 g/mol. The van der Waals surface area contributed by atoms with Gasteiger partial charge in [-0.15, -0.1) is 0 Å². The molecule has 1 N–H and O–H groups in total. The zero-order valence-corrected chi connectivity index (χ0v) is 16.1. The van der Waals surface area contributed by atoms with Gasteiger partial charge in [0.05, 0.1) is 26.9 Å². The maximum atomic E-state index is 12.5. The molecule has 0 aromatic heterocycles. The summed E-state index contributed by atoms with van der Waals surface area (Å²) in [4.78, 5) is 24.4. The van der Waals surface area contributed by atoms with Crippen LogP contribution >= 0.6 is 22.6 Å². The van der Waals surface area contributed by atoms with Crippen molar-refractivity contribution < 1.29 is 23.8 Å². The van der Waals surface area contributed by atoms with Crippen LogP contribution in [0.5, 0.6) is 11.5 Å². The first-order chi connectivity index (χ1) is 10.8. The van der Waals surface area contributed by atoms with E-state index in [0.29, 0.717) is 27.1 Å². The lowest BCUT2D eigenvalue weighted by molar-refractivity contribution is -0.143. The number of rotatable bonds is 7. The lowest BCUT2D eigenvalue weighted by atomic mass is 10.0. The molecular formula is C16H22INO5. The predicted molar refractivity (Wildman–Crippen MR) is 95.0 cm³/mol. The van der Waals surface area contributed by atoms with Crippen molar-refractivity contribution in [3.8, 4) is 11.5 Å².